The maximum Gasteiger partial charge on any atom is 0.251 e. The Morgan fingerprint density at radius 3 is 2.40 bits per heavy atom. The van der Waals surface area contributed by atoms with Crippen LogP contribution in [-0.4, -0.2) is 25.4 Å². The van der Waals surface area contributed by atoms with Gasteiger partial charge in [0.25, 0.3) is 5.56 Å². The van der Waals surface area contributed by atoms with E-state index < -0.39 is 9.84 Å². The van der Waals surface area contributed by atoms with Gasteiger partial charge in [0.05, 0.1) is 15.7 Å². The van der Waals surface area contributed by atoms with Crippen LogP contribution >= 0.6 is 11.6 Å². The number of amides is 1. The van der Waals surface area contributed by atoms with Crippen molar-refractivity contribution in [3.8, 4) is 0 Å². The Balaban J connectivity index is 1.52. The molecule has 1 aromatic heterocycles. The molecule has 1 saturated heterocycles. The average Bonchev–Trinajstić information content (AvgIpc) is 3.58. The minimum Gasteiger partial charge on any atom is -0.350 e. The topological polar surface area (TPSA) is 96.1 Å². The second-order valence-corrected chi connectivity index (χ2v) is 11.5. The van der Waals surface area contributed by atoms with Crippen LogP contribution in [0.3, 0.4) is 0 Å². The number of aromatic nitrogens is 1. The normalized spacial score (nSPS) is 18.5. The minimum atomic E-state index is -3.66. The fourth-order valence-corrected chi connectivity index (χ4v) is 6.41. The summed E-state index contributed by atoms with van der Waals surface area (Å²) in [5.41, 5.74) is 3.27. The number of benzene rings is 2. The van der Waals surface area contributed by atoms with Crippen molar-refractivity contribution in [2.45, 2.75) is 48.3 Å². The van der Waals surface area contributed by atoms with Crippen molar-refractivity contribution in [2.24, 2.45) is 0 Å². The second kappa shape index (κ2) is 9.47. The highest BCUT2D eigenvalue weighted by Crippen LogP contribution is 2.38. The van der Waals surface area contributed by atoms with Gasteiger partial charge < -0.3 is 10.3 Å². The monoisotopic (exact) mass is 508 g/mol. The first kappa shape index (κ1) is 23.6. The highest BCUT2D eigenvalue weighted by atomic mass is 35.5. The predicted octanol–water partition coefficient (Wildman–Crippen LogP) is 4.59. The first-order valence-corrected chi connectivity index (χ1v) is 13.6. The third-order valence-electron chi connectivity index (χ3n) is 6.42. The van der Waals surface area contributed by atoms with Crippen LogP contribution in [0.2, 0.25) is 5.02 Å². The summed E-state index contributed by atoms with van der Waals surface area (Å²) in [4.78, 5) is 27.5. The van der Waals surface area contributed by atoms with Gasteiger partial charge in [-0.2, -0.15) is 0 Å². The number of nitrogens with one attached hydrogen (secondary N) is 2. The maximum atomic E-state index is 13.0. The summed E-state index contributed by atoms with van der Waals surface area (Å²) < 4.78 is 26.1. The molecule has 2 N–H and O–H groups in total. The number of carbonyl (C=O) groups excluding carboxylic acids is 1. The summed E-state index contributed by atoms with van der Waals surface area (Å²) in [5, 5.41) is 3.03. The van der Waals surface area contributed by atoms with Crippen LogP contribution in [-0.2, 0) is 20.4 Å². The summed E-state index contributed by atoms with van der Waals surface area (Å²) in [6.07, 6.45) is 5.02. The van der Waals surface area contributed by atoms with Gasteiger partial charge in [0.15, 0.2) is 9.84 Å². The summed E-state index contributed by atoms with van der Waals surface area (Å²) >= 11 is 6.51. The Morgan fingerprint density at radius 2 is 1.77 bits per heavy atom. The molecule has 2 aromatic carbocycles. The van der Waals surface area contributed by atoms with Crippen molar-refractivity contribution in [1.82, 2.24) is 10.3 Å². The van der Waals surface area contributed by atoms with Crippen molar-refractivity contribution in [1.29, 1.82) is 0 Å². The summed E-state index contributed by atoms with van der Waals surface area (Å²) in [6.45, 7) is 0. The summed E-state index contributed by atoms with van der Waals surface area (Å²) in [5.74, 6) is 0.140. The van der Waals surface area contributed by atoms with Crippen LogP contribution in [0.15, 0.2) is 76.4 Å². The molecule has 0 radical (unpaired) electrons. The quantitative estimate of drug-likeness (QED) is 0.488. The van der Waals surface area contributed by atoms with Crippen LogP contribution in [0.25, 0.3) is 5.57 Å². The van der Waals surface area contributed by atoms with E-state index in [4.69, 9.17) is 11.6 Å². The number of H-pyrrole nitrogens is 1. The first-order valence-electron chi connectivity index (χ1n) is 11.6. The highest BCUT2D eigenvalue weighted by molar-refractivity contribution is 7.90. The molecule has 5 rings (SSSR count). The average molecular weight is 509 g/mol. The summed E-state index contributed by atoms with van der Waals surface area (Å²) in [6, 6.07) is 17.3. The Bertz CT molecular complexity index is 1470. The molecule has 0 bridgehead atoms. The molecule has 6 nitrogen and oxygen atoms in total. The molecule has 1 atom stereocenters. The molecular weight excluding hydrogens is 484 g/mol. The Hall–Kier alpha value is -3.16. The number of carbonyl (C=O) groups is 1. The first-order chi connectivity index (χ1) is 16.8. The number of hydrogen-bond acceptors (Lipinski definition) is 4. The van der Waals surface area contributed by atoms with Gasteiger partial charge in [0.2, 0.25) is 5.91 Å². The number of sulfone groups is 1. The number of hydrogen-bond donors (Lipinski definition) is 2. The molecule has 35 heavy (non-hydrogen) atoms. The van der Waals surface area contributed by atoms with E-state index >= 15 is 0 Å². The Labute approximate surface area is 209 Å². The van der Waals surface area contributed by atoms with E-state index in [0.717, 1.165) is 18.4 Å². The molecule has 1 saturated carbocycles. The van der Waals surface area contributed by atoms with Gasteiger partial charge >= 0.3 is 0 Å². The van der Waals surface area contributed by atoms with E-state index in [9.17, 15) is 18.0 Å². The number of rotatable bonds is 7. The molecule has 1 aliphatic heterocycles. The zero-order valence-electron chi connectivity index (χ0n) is 19.0. The molecule has 8 heteroatoms. The number of pyridine rings is 1. The van der Waals surface area contributed by atoms with Gasteiger partial charge in [-0.25, -0.2) is 8.42 Å². The maximum absolute atomic E-state index is 13.0. The number of aromatic amines is 1. The fraction of sp³-hybridized carbons (Fsp3) is 0.259. The highest BCUT2D eigenvalue weighted by Gasteiger charge is 2.27. The van der Waals surface area contributed by atoms with E-state index in [1.165, 1.54) is 6.07 Å². The van der Waals surface area contributed by atoms with Gasteiger partial charge in [0, 0.05) is 29.3 Å². The van der Waals surface area contributed by atoms with Gasteiger partial charge in [-0.3, -0.25) is 9.59 Å². The number of halogens is 1. The standard InChI is InChI=1S/C27H25ClN2O4S/c28-23-14-19(8-12-25(23)35(33,34)16-17-4-2-1-3-5-17)22(15-20-9-13-26(31)29-20)24-11-10-21(18-6-7-18)27(32)30-24/h1-5,8,10-12,14-15,18,20H,6-7,9,13,16H2,(H,29,31)(H,30,32)/b22-15+/t20-/m1/s1. The van der Waals surface area contributed by atoms with E-state index in [-0.39, 0.29) is 33.2 Å². The minimum absolute atomic E-state index is 0.0245. The predicted molar refractivity (Wildman–Crippen MR) is 136 cm³/mol. The smallest absolute Gasteiger partial charge is 0.251 e. The molecule has 180 valence electrons. The van der Waals surface area contributed by atoms with Crippen LogP contribution in [0.5, 0.6) is 0 Å². The van der Waals surface area contributed by atoms with Crippen molar-refractivity contribution in [2.75, 3.05) is 0 Å². The zero-order chi connectivity index (χ0) is 24.6. The van der Waals surface area contributed by atoms with E-state index in [0.29, 0.717) is 41.2 Å². The Kier molecular flexibility index (Phi) is 6.38. The van der Waals surface area contributed by atoms with Gasteiger partial charge in [-0.1, -0.05) is 60.1 Å². The van der Waals surface area contributed by atoms with E-state index in [2.05, 4.69) is 10.3 Å². The second-order valence-electron chi connectivity index (χ2n) is 9.11. The largest absolute Gasteiger partial charge is 0.350 e. The van der Waals surface area contributed by atoms with Crippen molar-refractivity contribution in [3.63, 3.8) is 0 Å². The zero-order valence-corrected chi connectivity index (χ0v) is 20.5. The SMILES string of the molecule is O=C1CC[C@H](/C=C(\c2ccc(S(=O)(=O)Cc3ccccc3)c(Cl)c2)c2ccc(C3CC3)c(=O)[nH]2)N1. The third-order valence-corrected chi connectivity index (χ3v) is 8.59. The molecular formula is C27H25ClN2O4S. The lowest BCUT2D eigenvalue weighted by molar-refractivity contribution is -0.119. The fourth-order valence-electron chi connectivity index (χ4n) is 4.46. The molecule has 2 heterocycles. The molecule has 2 fully saturated rings. The molecule has 1 aliphatic carbocycles. The molecule has 2 aliphatic rings. The molecule has 0 spiro atoms. The van der Waals surface area contributed by atoms with Crippen molar-refractivity contribution >= 4 is 32.9 Å². The molecule has 1 amide bonds. The van der Waals surface area contributed by atoms with Crippen LogP contribution in [0, 0.1) is 0 Å². The molecule has 0 unspecified atom stereocenters. The van der Waals surface area contributed by atoms with Gasteiger partial charge in [-0.05, 0) is 54.5 Å². The van der Waals surface area contributed by atoms with Crippen molar-refractivity contribution in [3.05, 3.63) is 105 Å². The van der Waals surface area contributed by atoms with E-state index in [1.54, 1.807) is 36.4 Å². The Morgan fingerprint density at radius 1 is 1.00 bits per heavy atom. The lowest BCUT2D eigenvalue weighted by Crippen LogP contribution is -2.23. The van der Waals surface area contributed by atoms with Crippen LogP contribution in [0.1, 0.15) is 54.0 Å². The van der Waals surface area contributed by atoms with Gasteiger partial charge in [0.1, 0.15) is 0 Å². The van der Waals surface area contributed by atoms with Crippen LogP contribution < -0.4 is 10.9 Å². The van der Waals surface area contributed by atoms with Crippen LogP contribution in [0.4, 0.5) is 0 Å². The third kappa shape index (κ3) is 5.26. The van der Waals surface area contributed by atoms with E-state index in [1.807, 2.05) is 24.3 Å². The lowest BCUT2D eigenvalue weighted by atomic mass is 9.98. The van der Waals surface area contributed by atoms with Gasteiger partial charge in [-0.15, -0.1) is 0 Å². The van der Waals surface area contributed by atoms with Crippen molar-refractivity contribution < 1.29 is 13.2 Å². The molecule has 3 aromatic rings. The lowest BCUT2D eigenvalue weighted by Gasteiger charge is -2.14. The summed E-state index contributed by atoms with van der Waals surface area (Å²) in [7, 11) is -3.66.